The average molecular weight is 545 g/mol. The van der Waals surface area contributed by atoms with Crippen LogP contribution in [0, 0.1) is 10.8 Å². The standard InChI is InChI=1S/C28H32F4N6O/c1-26(8-4-9-26)35-14-18-12-21(28(30,31)32)22-16-37(25(39)38(22)15-18)20-7-3-6-19(13-20)27(10-5-11-27)23(29)24(34)36(2)17-33/h3,6-7,12-13,15-17,23,33-35H,4-5,8-11,14H2,1-2H3. The summed E-state index contributed by atoms with van der Waals surface area (Å²) in [5.41, 5.74) is -1.66. The molecule has 11 heteroatoms. The quantitative estimate of drug-likeness (QED) is 0.201. The molecule has 0 amide bonds. The molecule has 2 heterocycles. The molecular formula is C28H32F4N6O. The first kappa shape index (κ1) is 27.1. The van der Waals surface area contributed by atoms with Crippen LogP contribution in [0.1, 0.15) is 62.1 Å². The summed E-state index contributed by atoms with van der Waals surface area (Å²) in [4.78, 5) is 14.5. The Morgan fingerprint density at radius 3 is 2.44 bits per heavy atom. The number of imidazole rings is 1. The maximum absolute atomic E-state index is 15.6. The van der Waals surface area contributed by atoms with Crippen LogP contribution in [0.15, 0.2) is 47.5 Å². The molecule has 0 spiro atoms. The number of fused-ring (bicyclic) bond motifs is 1. The molecule has 2 saturated carbocycles. The van der Waals surface area contributed by atoms with Crippen molar-refractivity contribution in [2.45, 2.75) is 75.3 Å². The number of rotatable bonds is 8. The largest absolute Gasteiger partial charge is 0.418 e. The smallest absolute Gasteiger partial charge is 0.322 e. The maximum atomic E-state index is 15.6. The molecule has 3 aromatic rings. The Morgan fingerprint density at radius 1 is 1.18 bits per heavy atom. The van der Waals surface area contributed by atoms with Gasteiger partial charge in [-0.2, -0.15) is 13.2 Å². The molecule has 0 bridgehead atoms. The molecule has 2 fully saturated rings. The van der Waals surface area contributed by atoms with Gasteiger partial charge in [-0.15, -0.1) is 0 Å². The summed E-state index contributed by atoms with van der Waals surface area (Å²) >= 11 is 0. The van der Waals surface area contributed by atoms with Gasteiger partial charge in [-0.3, -0.25) is 19.8 Å². The molecule has 2 aromatic heterocycles. The Kier molecular flexibility index (Phi) is 6.69. The highest BCUT2D eigenvalue weighted by Crippen LogP contribution is 2.48. The molecule has 7 nitrogen and oxygen atoms in total. The monoisotopic (exact) mass is 544 g/mol. The lowest BCUT2D eigenvalue weighted by atomic mass is 9.61. The van der Waals surface area contributed by atoms with Crippen molar-refractivity contribution in [3.8, 4) is 5.69 Å². The molecule has 208 valence electrons. The van der Waals surface area contributed by atoms with Crippen molar-refractivity contribution in [1.82, 2.24) is 19.2 Å². The Balaban J connectivity index is 1.56. The van der Waals surface area contributed by atoms with Crippen LogP contribution >= 0.6 is 0 Å². The fraction of sp³-hybridized carbons (Fsp3) is 0.464. The molecule has 0 radical (unpaired) electrons. The van der Waals surface area contributed by atoms with Crippen molar-refractivity contribution in [3.63, 3.8) is 0 Å². The van der Waals surface area contributed by atoms with Gasteiger partial charge in [0.05, 0.1) is 23.1 Å². The van der Waals surface area contributed by atoms with Gasteiger partial charge >= 0.3 is 11.9 Å². The Hall–Kier alpha value is -3.47. The first-order valence-corrected chi connectivity index (χ1v) is 13.0. The number of alkyl halides is 4. The summed E-state index contributed by atoms with van der Waals surface area (Å²) in [7, 11) is 1.44. The van der Waals surface area contributed by atoms with Gasteiger partial charge in [0.1, 0.15) is 5.84 Å². The van der Waals surface area contributed by atoms with E-state index < -0.39 is 29.0 Å². The van der Waals surface area contributed by atoms with Gasteiger partial charge in [-0.25, -0.2) is 9.18 Å². The molecular weight excluding hydrogens is 512 g/mol. The molecule has 2 aliphatic rings. The Bertz CT molecular complexity index is 1480. The Morgan fingerprint density at radius 2 is 1.87 bits per heavy atom. The zero-order chi connectivity index (χ0) is 28.2. The number of nitrogens with one attached hydrogen (secondary N) is 3. The highest BCUT2D eigenvalue weighted by atomic mass is 19.4. The van der Waals surface area contributed by atoms with Crippen LogP contribution in [0.4, 0.5) is 17.6 Å². The molecule has 39 heavy (non-hydrogen) atoms. The molecule has 0 aliphatic heterocycles. The van der Waals surface area contributed by atoms with E-state index in [-0.39, 0.29) is 23.4 Å². The van der Waals surface area contributed by atoms with E-state index >= 15 is 4.39 Å². The van der Waals surface area contributed by atoms with Crippen molar-refractivity contribution >= 4 is 17.7 Å². The first-order chi connectivity index (χ1) is 18.4. The second-order valence-electron chi connectivity index (χ2n) is 11.1. The number of amidine groups is 1. The van der Waals surface area contributed by atoms with E-state index in [4.69, 9.17) is 10.8 Å². The first-order valence-electron chi connectivity index (χ1n) is 13.0. The lowest BCUT2D eigenvalue weighted by Gasteiger charge is -2.45. The van der Waals surface area contributed by atoms with E-state index in [1.54, 1.807) is 24.3 Å². The van der Waals surface area contributed by atoms with Crippen molar-refractivity contribution in [2.75, 3.05) is 7.05 Å². The van der Waals surface area contributed by atoms with E-state index in [1.807, 2.05) is 6.92 Å². The van der Waals surface area contributed by atoms with Gasteiger partial charge in [0.2, 0.25) is 0 Å². The summed E-state index contributed by atoms with van der Waals surface area (Å²) in [5, 5.41) is 18.9. The molecule has 0 saturated heterocycles. The highest BCUT2D eigenvalue weighted by molar-refractivity contribution is 5.93. The predicted molar refractivity (Wildman–Crippen MR) is 142 cm³/mol. The van der Waals surface area contributed by atoms with Crippen molar-refractivity contribution < 1.29 is 17.6 Å². The van der Waals surface area contributed by atoms with Gasteiger partial charge in [-0.05, 0) is 68.4 Å². The minimum Gasteiger partial charge on any atom is -0.322 e. The number of benzene rings is 1. The van der Waals surface area contributed by atoms with Crippen LogP contribution in [-0.2, 0) is 18.1 Å². The van der Waals surface area contributed by atoms with Crippen LogP contribution in [0.5, 0.6) is 0 Å². The number of hydrogen-bond acceptors (Lipinski definition) is 4. The Labute approximate surface area is 223 Å². The SMILES string of the molecule is CN(C=N)C(=N)C(F)C1(c2cccc(-n3cc4c(C(F)(F)F)cc(CNC5(C)CCC5)cn4c3=O)c2)CCC1. The number of nitrogens with zero attached hydrogens (tertiary/aromatic N) is 3. The van der Waals surface area contributed by atoms with E-state index in [0.717, 1.165) is 52.0 Å². The normalized spacial score (nSPS) is 18.7. The van der Waals surface area contributed by atoms with E-state index in [9.17, 15) is 18.0 Å². The number of hydrogen-bond donors (Lipinski definition) is 3. The molecule has 1 atom stereocenters. The van der Waals surface area contributed by atoms with Crippen LogP contribution in [0.2, 0.25) is 0 Å². The van der Waals surface area contributed by atoms with Gasteiger partial charge in [0.15, 0.2) is 6.17 Å². The van der Waals surface area contributed by atoms with Crippen LogP contribution in [-0.4, -0.2) is 44.8 Å². The van der Waals surface area contributed by atoms with Gasteiger partial charge < -0.3 is 10.2 Å². The molecule has 3 N–H and O–H groups in total. The van der Waals surface area contributed by atoms with E-state index in [2.05, 4.69) is 5.32 Å². The molecule has 1 unspecified atom stereocenters. The number of aromatic nitrogens is 2. The summed E-state index contributed by atoms with van der Waals surface area (Å²) in [6.45, 7) is 2.25. The number of halogens is 4. The second-order valence-corrected chi connectivity index (χ2v) is 11.1. The zero-order valence-corrected chi connectivity index (χ0v) is 21.9. The maximum Gasteiger partial charge on any atom is 0.418 e. The summed E-state index contributed by atoms with van der Waals surface area (Å²) < 4.78 is 60.1. The summed E-state index contributed by atoms with van der Waals surface area (Å²) in [5.74, 6) is -0.339. The number of pyridine rings is 1. The fourth-order valence-corrected chi connectivity index (χ4v) is 5.67. The van der Waals surface area contributed by atoms with E-state index in [1.165, 1.54) is 19.4 Å². The van der Waals surface area contributed by atoms with Gasteiger partial charge in [-0.1, -0.05) is 18.6 Å². The predicted octanol–water partition coefficient (Wildman–Crippen LogP) is 5.42. The fourth-order valence-electron chi connectivity index (χ4n) is 5.67. The highest BCUT2D eigenvalue weighted by Gasteiger charge is 2.49. The molecule has 2 aliphatic carbocycles. The van der Waals surface area contributed by atoms with Crippen LogP contribution in [0.25, 0.3) is 11.2 Å². The molecule has 5 rings (SSSR count). The van der Waals surface area contributed by atoms with Crippen LogP contribution < -0.4 is 11.0 Å². The summed E-state index contributed by atoms with van der Waals surface area (Å²) in [6, 6.07) is 7.69. The third-order valence-corrected chi connectivity index (χ3v) is 8.55. The topological polar surface area (TPSA) is 89.4 Å². The van der Waals surface area contributed by atoms with Crippen molar-refractivity contribution in [2.24, 2.45) is 0 Å². The van der Waals surface area contributed by atoms with Gasteiger partial charge in [0.25, 0.3) is 0 Å². The van der Waals surface area contributed by atoms with Crippen LogP contribution in [0.3, 0.4) is 0 Å². The minimum atomic E-state index is -4.67. The third kappa shape index (κ3) is 4.66. The lowest BCUT2D eigenvalue weighted by molar-refractivity contribution is -0.136. The average Bonchev–Trinajstić information content (AvgIpc) is 3.20. The summed E-state index contributed by atoms with van der Waals surface area (Å²) in [6.07, 6.45) is 1.84. The second kappa shape index (κ2) is 9.62. The van der Waals surface area contributed by atoms with E-state index in [0.29, 0.717) is 29.7 Å². The molecule has 1 aromatic carbocycles. The third-order valence-electron chi connectivity index (χ3n) is 8.55. The zero-order valence-electron chi connectivity index (χ0n) is 21.9. The van der Waals surface area contributed by atoms with Gasteiger partial charge in [0, 0.05) is 36.9 Å². The minimum absolute atomic E-state index is 0.111. The van der Waals surface area contributed by atoms with Crippen molar-refractivity contribution in [3.05, 3.63) is 69.9 Å². The lowest BCUT2D eigenvalue weighted by Crippen LogP contribution is -2.50. The van der Waals surface area contributed by atoms with Crippen molar-refractivity contribution in [1.29, 1.82) is 10.8 Å².